The molecule has 0 fully saturated rings. The normalized spacial score (nSPS) is 10.6. The van der Waals surface area contributed by atoms with Gasteiger partial charge in [0.25, 0.3) is 5.91 Å². The molecular weight excluding hydrogens is 330 g/mol. The Morgan fingerprint density at radius 1 is 1.29 bits per heavy atom. The van der Waals surface area contributed by atoms with Crippen molar-refractivity contribution >= 4 is 17.5 Å². The van der Waals surface area contributed by atoms with Crippen LogP contribution in [0.3, 0.4) is 0 Å². The van der Waals surface area contributed by atoms with Gasteiger partial charge in [0.15, 0.2) is 0 Å². The van der Waals surface area contributed by atoms with Gasteiger partial charge < -0.3 is 9.84 Å². The second-order valence-corrected chi connectivity index (χ2v) is 5.51. The molecule has 7 nitrogen and oxygen atoms in total. The largest absolute Gasteiger partial charge is 0.350 e. The number of halogens is 1. The Labute approximate surface area is 143 Å². The van der Waals surface area contributed by atoms with Crippen molar-refractivity contribution in [2.45, 2.75) is 13.3 Å². The standard InChI is InChI=1S/C16H14ClN5O2/c1-10-8-20-13(9-19-10)16(23)18-6-5-14-21-15(22-24-14)11-3-2-4-12(17)7-11/h2-4,7-9H,5-6H2,1H3,(H,18,23). The lowest BCUT2D eigenvalue weighted by atomic mass is 10.2. The monoisotopic (exact) mass is 343 g/mol. The van der Waals surface area contributed by atoms with E-state index in [0.29, 0.717) is 29.7 Å². The molecule has 1 amide bonds. The highest BCUT2D eigenvalue weighted by atomic mass is 35.5. The van der Waals surface area contributed by atoms with Crippen molar-refractivity contribution in [1.82, 2.24) is 25.4 Å². The van der Waals surface area contributed by atoms with Crippen LogP contribution in [0.1, 0.15) is 22.1 Å². The van der Waals surface area contributed by atoms with Crippen LogP contribution in [0.2, 0.25) is 5.02 Å². The van der Waals surface area contributed by atoms with Gasteiger partial charge in [0.1, 0.15) is 5.69 Å². The molecule has 0 unspecified atom stereocenters. The van der Waals surface area contributed by atoms with E-state index >= 15 is 0 Å². The lowest BCUT2D eigenvalue weighted by Gasteiger charge is -2.02. The van der Waals surface area contributed by atoms with Crippen molar-refractivity contribution in [1.29, 1.82) is 0 Å². The van der Waals surface area contributed by atoms with Gasteiger partial charge in [0.2, 0.25) is 11.7 Å². The number of hydrogen-bond donors (Lipinski definition) is 1. The number of carbonyl (C=O) groups excluding carboxylic acids is 1. The molecule has 2 heterocycles. The highest BCUT2D eigenvalue weighted by Gasteiger charge is 2.11. The van der Waals surface area contributed by atoms with Gasteiger partial charge in [-0.3, -0.25) is 9.78 Å². The summed E-state index contributed by atoms with van der Waals surface area (Å²) in [5.41, 5.74) is 1.80. The average molecular weight is 344 g/mol. The van der Waals surface area contributed by atoms with Gasteiger partial charge in [-0.1, -0.05) is 28.9 Å². The number of amides is 1. The fourth-order valence-electron chi connectivity index (χ4n) is 1.98. The van der Waals surface area contributed by atoms with Crippen LogP contribution in [0.5, 0.6) is 0 Å². The van der Waals surface area contributed by atoms with Crippen LogP contribution in [0.25, 0.3) is 11.4 Å². The Balaban J connectivity index is 1.56. The molecule has 2 aromatic heterocycles. The van der Waals surface area contributed by atoms with Crippen LogP contribution >= 0.6 is 11.6 Å². The Morgan fingerprint density at radius 3 is 2.92 bits per heavy atom. The highest BCUT2D eigenvalue weighted by molar-refractivity contribution is 6.30. The number of nitrogens with zero attached hydrogens (tertiary/aromatic N) is 4. The van der Waals surface area contributed by atoms with E-state index in [1.165, 1.54) is 6.20 Å². The summed E-state index contributed by atoms with van der Waals surface area (Å²) in [5, 5.41) is 7.25. The first-order valence-electron chi connectivity index (χ1n) is 7.27. The van der Waals surface area contributed by atoms with Crippen LogP contribution in [-0.4, -0.2) is 32.6 Å². The first-order valence-corrected chi connectivity index (χ1v) is 7.65. The summed E-state index contributed by atoms with van der Waals surface area (Å²) in [5.74, 6) is 0.598. The second kappa shape index (κ2) is 7.18. The van der Waals surface area contributed by atoms with E-state index in [4.69, 9.17) is 16.1 Å². The third kappa shape index (κ3) is 3.94. The number of aromatic nitrogens is 4. The van der Waals surface area contributed by atoms with Crippen molar-refractivity contribution in [2.24, 2.45) is 0 Å². The van der Waals surface area contributed by atoms with E-state index < -0.39 is 0 Å². The molecule has 24 heavy (non-hydrogen) atoms. The third-order valence-corrected chi connectivity index (χ3v) is 3.42. The third-order valence-electron chi connectivity index (χ3n) is 3.19. The molecule has 3 aromatic rings. The number of nitrogens with one attached hydrogen (secondary N) is 1. The first kappa shape index (κ1) is 16.1. The molecule has 0 saturated carbocycles. The van der Waals surface area contributed by atoms with Gasteiger partial charge in [0.05, 0.1) is 11.9 Å². The smallest absolute Gasteiger partial charge is 0.271 e. The van der Waals surface area contributed by atoms with Crippen LogP contribution in [0.15, 0.2) is 41.2 Å². The molecule has 0 atom stereocenters. The lowest BCUT2D eigenvalue weighted by Crippen LogP contribution is -2.26. The maximum atomic E-state index is 11.9. The van der Waals surface area contributed by atoms with E-state index in [1.54, 1.807) is 18.3 Å². The summed E-state index contributed by atoms with van der Waals surface area (Å²) >= 11 is 5.94. The van der Waals surface area contributed by atoms with Crippen LogP contribution in [-0.2, 0) is 6.42 Å². The van der Waals surface area contributed by atoms with Gasteiger partial charge >= 0.3 is 0 Å². The maximum absolute atomic E-state index is 11.9. The summed E-state index contributed by atoms with van der Waals surface area (Å²) in [6.45, 7) is 2.16. The van der Waals surface area contributed by atoms with Crippen LogP contribution in [0.4, 0.5) is 0 Å². The molecule has 0 aliphatic heterocycles. The molecular formula is C16H14ClN5O2. The van der Waals surface area contributed by atoms with Crippen molar-refractivity contribution in [2.75, 3.05) is 6.54 Å². The molecule has 0 saturated heterocycles. The zero-order valence-corrected chi connectivity index (χ0v) is 13.6. The average Bonchev–Trinajstić information content (AvgIpc) is 3.04. The fourth-order valence-corrected chi connectivity index (χ4v) is 2.17. The van der Waals surface area contributed by atoms with Crippen molar-refractivity contribution < 1.29 is 9.32 Å². The van der Waals surface area contributed by atoms with Crippen LogP contribution in [0, 0.1) is 6.92 Å². The molecule has 0 bridgehead atoms. The number of rotatable bonds is 5. The quantitative estimate of drug-likeness (QED) is 0.764. The number of carbonyl (C=O) groups is 1. The summed E-state index contributed by atoms with van der Waals surface area (Å²) in [4.78, 5) is 24.3. The fraction of sp³-hybridized carbons (Fsp3) is 0.188. The van der Waals surface area contributed by atoms with Gasteiger partial charge in [-0.25, -0.2) is 4.98 Å². The summed E-state index contributed by atoms with van der Waals surface area (Å²) < 4.78 is 5.18. The molecule has 1 aromatic carbocycles. The van der Waals surface area contributed by atoms with Crippen LogP contribution < -0.4 is 5.32 Å². The Hall–Kier alpha value is -2.80. The van der Waals surface area contributed by atoms with E-state index in [0.717, 1.165) is 11.3 Å². The van der Waals surface area contributed by atoms with Gasteiger partial charge in [-0.15, -0.1) is 0 Å². The summed E-state index contributed by atoms with van der Waals surface area (Å²) in [6, 6.07) is 7.19. The van der Waals surface area contributed by atoms with Crippen molar-refractivity contribution in [3.05, 3.63) is 59.0 Å². The predicted molar refractivity (Wildman–Crippen MR) is 87.6 cm³/mol. The lowest BCUT2D eigenvalue weighted by molar-refractivity contribution is 0.0948. The maximum Gasteiger partial charge on any atom is 0.271 e. The Bertz CT molecular complexity index is 848. The minimum Gasteiger partial charge on any atom is -0.350 e. The zero-order chi connectivity index (χ0) is 16.9. The molecule has 122 valence electrons. The SMILES string of the molecule is Cc1cnc(C(=O)NCCc2nc(-c3cccc(Cl)c3)no2)cn1. The topological polar surface area (TPSA) is 93.8 Å². The van der Waals surface area contributed by atoms with Gasteiger partial charge in [-0.05, 0) is 19.1 Å². The first-order chi connectivity index (χ1) is 11.6. The van der Waals surface area contributed by atoms with Crippen molar-refractivity contribution in [3.63, 3.8) is 0 Å². The van der Waals surface area contributed by atoms with E-state index in [-0.39, 0.29) is 11.6 Å². The number of hydrogen-bond acceptors (Lipinski definition) is 6. The zero-order valence-electron chi connectivity index (χ0n) is 12.9. The second-order valence-electron chi connectivity index (χ2n) is 5.07. The molecule has 3 rings (SSSR count). The molecule has 0 aliphatic rings. The molecule has 0 radical (unpaired) electrons. The number of aryl methyl sites for hydroxylation is 1. The molecule has 0 aliphatic carbocycles. The van der Waals surface area contributed by atoms with E-state index in [2.05, 4.69) is 25.4 Å². The Morgan fingerprint density at radius 2 is 2.17 bits per heavy atom. The van der Waals surface area contributed by atoms with Crippen molar-refractivity contribution in [3.8, 4) is 11.4 Å². The van der Waals surface area contributed by atoms with Gasteiger partial charge in [0, 0.05) is 29.7 Å². The highest BCUT2D eigenvalue weighted by Crippen LogP contribution is 2.19. The molecule has 0 spiro atoms. The van der Waals surface area contributed by atoms with E-state index in [9.17, 15) is 4.79 Å². The minimum atomic E-state index is -0.294. The molecule has 8 heteroatoms. The number of benzene rings is 1. The van der Waals surface area contributed by atoms with Gasteiger partial charge in [-0.2, -0.15) is 4.98 Å². The summed E-state index contributed by atoms with van der Waals surface area (Å²) in [7, 11) is 0. The summed E-state index contributed by atoms with van der Waals surface area (Å²) in [6.07, 6.45) is 3.40. The molecule has 1 N–H and O–H groups in total. The minimum absolute atomic E-state index is 0.269. The van der Waals surface area contributed by atoms with E-state index in [1.807, 2.05) is 19.1 Å². The Kier molecular flexibility index (Phi) is 4.81. The predicted octanol–water partition coefficient (Wildman–Crippen LogP) is 2.46.